The van der Waals surface area contributed by atoms with Gasteiger partial charge in [0, 0.05) is 94.9 Å². The smallest absolute Gasteiger partial charge is 0.332 e. The first-order valence-electron chi connectivity index (χ1n) is 28.2. The average molecular weight is 1200 g/mol. The SMILES string of the molecule is Cn1c(=O)n(CCCOC2CCCCO2)c(=O)c2c1nc(-c1nccnc1Cl)n2Cc1ccc(Cl)cc1.Cn1c(=O)n(CCCOC2CCCCO2)c(=O)c2c1nc(-c1nccnc1OCC1CC1)n2Cc1ccc(Cl)cc1.OCC1CC1. The number of benzene rings is 2. The Morgan fingerprint density at radius 3 is 1.46 bits per heavy atom. The van der Waals surface area contributed by atoms with Gasteiger partial charge in [-0.3, -0.25) is 27.9 Å². The highest BCUT2D eigenvalue weighted by Crippen LogP contribution is 2.33. The second kappa shape index (κ2) is 27.8. The molecule has 2 aromatic carbocycles. The van der Waals surface area contributed by atoms with Gasteiger partial charge in [-0.1, -0.05) is 59.1 Å². The maximum absolute atomic E-state index is 14.0. The van der Waals surface area contributed by atoms with Crippen molar-refractivity contribution in [2.75, 3.05) is 39.6 Å². The number of imidazole rings is 2. The van der Waals surface area contributed by atoms with Crippen molar-refractivity contribution in [3.63, 3.8) is 0 Å². The monoisotopic (exact) mass is 1200 g/mol. The van der Waals surface area contributed by atoms with Crippen molar-refractivity contribution in [1.29, 1.82) is 0 Å². The summed E-state index contributed by atoms with van der Waals surface area (Å²) in [6, 6.07) is 14.7. The fourth-order valence-corrected chi connectivity index (χ4v) is 10.2. The summed E-state index contributed by atoms with van der Waals surface area (Å²) < 4.78 is 37.6. The van der Waals surface area contributed by atoms with E-state index in [1.807, 2.05) is 24.3 Å². The molecule has 8 aromatic rings. The van der Waals surface area contributed by atoms with E-state index < -0.39 is 22.5 Å². The van der Waals surface area contributed by atoms with Gasteiger partial charge in [0.05, 0.1) is 19.8 Å². The molecule has 1 N–H and O–H groups in total. The van der Waals surface area contributed by atoms with Gasteiger partial charge < -0.3 is 37.9 Å². The van der Waals surface area contributed by atoms with Gasteiger partial charge in [-0.15, -0.1) is 0 Å². The number of ether oxygens (including phenoxy) is 5. The molecular formula is C58H67Cl3N12O10. The maximum Gasteiger partial charge on any atom is 0.332 e. The molecule has 25 heteroatoms. The average Bonchev–Trinajstić information content (AvgIpc) is 2.66. The molecule has 6 aromatic heterocycles. The highest BCUT2D eigenvalue weighted by atomic mass is 35.5. The van der Waals surface area contributed by atoms with Crippen LogP contribution in [0.4, 0.5) is 0 Å². The third-order valence-electron chi connectivity index (χ3n) is 14.8. The number of hydrogen-bond acceptors (Lipinski definition) is 16. The number of hydrogen-bond donors (Lipinski definition) is 1. The highest BCUT2D eigenvalue weighted by molar-refractivity contribution is 6.31. The summed E-state index contributed by atoms with van der Waals surface area (Å²) in [4.78, 5) is 81.0. The Hall–Kier alpha value is -6.63. The van der Waals surface area contributed by atoms with E-state index in [2.05, 4.69) is 24.9 Å². The molecule has 0 radical (unpaired) electrons. The molecule has 4 fully saturated rings. The first-order chi connectivity index (χ1) is 40.4. The lowest BCUT2D eigenvalue weighted by molar-refractivity contribution is -0.163. The number of rotatable bonds is 20. The fourth-order valence-electron chi connectivity index (χ4n) is 9.75. The molecule has 0 bridgehead atoms. The van der Waals surface area contributed by atoms with Crippen molar-refractivity contribution in [1.82, 2.24) is 57.3 Å². The van der Waals surface area contributed by atoms with E-state index in [-0.39, 0.29) is 54.2 Å². The fraction of sp³-hybridized carbons (Fsp3) is 0.483. The van der Waals surface area contributed by atoms with Crippen LogP contribution in [0.5, 0.6) is 5.88 Å². The number of aliphatic hydroxyl groups is 1. The minimum atomic E-state index is -0.459. The zero-order valence-electron chi connectivity index (χ0n) is 46.4. The first kappa shape index (κ1) is 59.5. The van der Waals surface area contributed by atoms with E-state index in [0.717, 1.165) is 62.5 Å². The molecular weight excluding hydrogens is 1130 g/mol. The van der Waals surface area contributed by atoms with Crippen LogP contribution in [0.15, 0.2) is 92.5 Å². The zero-order chi connectivity index (χ0) is 58.0. The molecule has 0 spiro atoms. The topological polar surface area (TPSA) is 242 Å². The summed E-state index contributed by atoms with van der Waals surface area (Å²) in [5.74, 6) is 2.29. The van der Waals surface area contributed by atoms with Crippen LogP contribution >= 0.6 is 34.8 Å². The van der Waals surface area contributed by atoms with Gasteiger partial charge in [0.15, 0.2) is 57.4 Å². The van der Waals surface area contributed by atoms with Gasteiger partial charge in [0.2, 0.25) is 5.88 Å². The Balaban J connectivity index is 0.000000172. The van der Waals surface area contributed by atoms with E-state index in [4.69, 9.17) is 68.6 Å². The molecule has 22 nitrogen and oxygen atoms in total. The first-order valence-corrected chi connectivity index (χ1v) is 29.4. The maximum atomic E-state index is 14.0. The number of aryl methyl sites for hydroxylation is 2. The van der Waals surface area contributed by atoms with Gasteiger partial charge in [0.1, 0.15) is 5.69 Å². The number of halogens is 3. The molecule has 2 unspecified atom stereocenters. The Morgan fingerprint density at radius 2 is 1.02 bits per heavy atom. The van der Waals surface area contributed by atoms with Crippen LogP contribution in [0.1, 0.15) is 88.2 Å². The Kier molecular flexibility index (Phi) is 20.0. The number of fused-ring (bicyclic) bond motifs is 2. The third-order valence-corrected chi connectivity index (χ3v) is 15.5. The molecule has 8 heterocycles. The van der Waals surface area contributed by atoms with Gasteiger partial charge >= 0.3 is 11.4 Å². The van der Waals surface area contributed by atoms with E-state index in [1.165, 1.54) is 43.5 Å². The molecule has 0 amide bonds. The van der Waals surface area contributed by atoms with Crippen molar-refractivity contribution >= 4 is 57.1 Å². The van der Waals surface area contributed by atoms with Crippen molar-refractivity contribution in [2.24, 2.45) is 25.9 Å². The lowest BCUT2D eigenvalue weighted by atomic mass is 10.2. The quantitative estimate of drug-likeness (QED) is 0.0716. The predicted octanol–water partition coefficient (Wildman–Crippen LogP) is 7.81. The lowest BCUT2D eigenvalue weighted by Gasteiger charge is -2.22. The van der Waals surface area contributed by atoms with Crippen LogP contribution in [0.25, 0.3) is 45.4 Å². The zero-order valence-corrected chi connectivity index (χ0v) is 48.7. The standard InChI is InChI=1S/C29H33ClN6O5.C25H26Cl2N6O4.C4H8O/c1-34-26-24(28(37)35(29(34)38)14-4-16-40-22-5-2-3-15-39-22)36(17-19-8-10-21(30)11-9-19)25(33-26)23-27(32-13-12-31-23)41-18-20-6-7-20;1-31-23-20(24(34)32(25(31)35)12-4-14-37-18-5-2-3-13-36-18)33(15-16-6-8-17(26)9-7-16)22(30-23)19-21(27)29-11-10-28-19;5-3-4-1-2-4/h8-13,20,22H,2-7,14-18H2,1H3;6-11,18H,2-5,12-15H2,1H3;4-5H,1-3H2. The minimum Gasteiger partial charge on any atom is -0.476 e. The van der Waals surface area contributed by atoms with Crippen LogP contribution < -0.4 is 27.2 Å². The molecule has 2 saturated carbocycles. The summed E-state index contributed by atoms with van der Waals surface area (Å²) in [7, 11) is 3.21. The minimum absolute atomic E-state index is 0.141. The van der Waals surface area contributed by atoms with Crippen LogP contribution in [-0.2, 0) is 59.2 Å². The number of aromatic nitrogens is 12. The van der Waals surface area contributed by atoms with E-state index in [0.29, 0.717) is 115 Å². The Bertz CT molecular complexity index is 3750. The second-order valence-electron chi connectivity index (χ2n) is 21.1. The normalized spacial score (nSPS) is 17.0. The summed E-state index contributed by atoms with van der Waals surface area (Å²) in [6.45, 7) is 4.10. The third kappa shape index (κ3) is 14.7. The predicted molar refractivity (Wildman–Crippen MR) is 313 cm³/mol. The summed E-state index contributed by atoms with van der Waals surface area (Å²) >= 11 is 18.6. The van der Waals surface area contributed by atoms with Gasteiger partial charge in [0.25, 0.3) is 11.1 Å². The van der Waals surface area contributed by atoms with E-state index >= 15 is 0 Å². The van der Waals surface area contributed by atoms with Crippen molar-refractivity contribution < 1.29 is 28.8 Å². The summed E-state index contributed by atoms with van der Waals surface area (Å²) in [6.07, 6.45) is 17.3. The van der Waals surface area contributed by atoms with Gasteiger partial charge in [-0.2, -0.15) is 0 Å². The number of nitrogens with zero attached hydrogens (tertiary/aromatic N) is 12. The Morgan fingerprint density at radius 1 is 0.566 bits per heavy atom. The van der Waals surface area contributed by atoms with E-state index in [9.17, 15) is 19.2 Å². The second-order valence-corrected chi connectivity index (χ2v) is 22.3. The molecule has 83 heavy (non-hydrogen) atoms. The molecule has 2 atom stereocenters. The summed E-state index contributed by atoms with van der Waals surface area (Å²) in [5, 5.41) is 9.56. The molecule has 12 rings (SSSR count). The van der Waals surface area contributed by atoms with Crippen molar-refractivity contribution in [3.8, 4) is 28.9 Å². The molecule has 440 valence electrons. The lowest BCUT2D eigenvalue weighted by Crippen LogP contribution is -2.40. The highest BCUT2D eigenvalue weighted by Gasteiger charge is 2.28. The van der Waals surface area contributed by atoms with Crippen molar-refractivity contribution in [3.05, 3.63) is 141 Å². The van der Waals surface area contributed by atoms with Crippen LogP contribution in [0.3, 0.4) is 0 Å². The van der Waals surface area contributed by atoms with Crippen LogP contribution in [-0.4, -0.2) is 115 Å². The molecule has 2 saturated heterocycles. The van der Waals surface area contributed by atoms with Crippen molar-refractivity contribution in [2.45, 2.75) is 116 Å². The van der Waals surface area contributed by atoms with Gasteiger partial charge in [-0.25, -0.2) is 39.5 Å². The molecule has 2 aliphatic carbocycles. The van der Waals surface area contributed by atoms with Crippen LogP contribution in [0.2, 0.25) is 15.2 Å². The largest absolute Gasteiger partial charge is 0.476 e. The summed E-state index contributed by atoms with van der Waals surface area (Å²) in [5.41, 5.74) is 1.82. The molecule has 2 aliphatic heterocycles. The molecule has 4 aliphatic rings. The Labute approximate surface area is 492 Å². The van der Waals surface area contributed by atoms with Crippen LogP contribution in [0, 0.1) is 11.8 Å². The van der Waals surface area contributed by atoms with Gasteiger partial charge in [-0.05, 0) is 124 Å². The van der Waals surface area contributed by atoms with E-state index in [1.54, 1.807) is 59.9 Å². The number of aliphatic hydroxyl groups excluding tert-OH is 1.